The van der Waals surface area contributed by atoms with E-state index in [1.54, 1.807) is 13.8 Å². The summed E-state index contributed by atoms with van der Waals surface area (Å²) in [5.41, 5.74) is 0.204. The molecule has 0 radical (unpaired) electrons. The van der Waals surface area contributed by atoms with Crippen LogP contribution in [0.3, 0.4) is 0 Å². The molecule has 0 aliphatic carbocycles. The standard InChI is InChI=1S/C13H23NO3/c1-5-13(6-2,12(16)17)9-11(15)14-8-7-10(3)4/h7H,5-6,8-9H2,1-4H3,(H,14,15)(H,16,17). The van der Waals surface area contributed by atoms with Crippen molar-refractivity contribution in [3.05, 3.63) is 11.6 Å². The first kappa shape index (κ1) is 15.7. The Kier molecular flexibility index (Phi) is 6.54. The van der Waals surface area contributed by atoms with E-state index in [4.69, 9.17) is 0 Å². The largest absolute Gasteiger partial charge is 0.481 e. The maximum absolute atomic E-state index is 11.7. The maximum atomic E-state index is 11.7. The van der Waals surface area contributed by atoms with Gasteiger partial charge >= 0.3 is 5.97 Å². The molecule has 0 saturated carbocycles. The van der Waals surface area contributed by atoms with E-state index in [1.165, 1.54) is 0 Å². The van der Waals surface area contributed by atoms with Gasteiger partial charge in [-0.15, -0.1) is 0 Å². The van der Waals surface area contributed by atoms with E-state index in [0.29, 0.717) is 19.4 Å². The first-order valence-corrected chi connectivity index (χ1v) is 6.01. The number of carboxylic acids is 1. The normalized spacial score (nSPS) is 10.8. The fraction of sp³-hybridized carbons (Fsp3) is 0.692. The molecule has 17 heavy (non-hydrogen) atoms. The molecular formula is C13H23NO3. The zero-order valence-corrected chi connectivity index (χ0v) is 11.2. The average molecular weight is 241 g/mol. The second kappa shape index (κ2) is 7.09. The molecule has 0 fully saturated rings. The third-order valence-corrected chi connectivity index (χ3v) is 3.12. The van der Waals surface area contributed by atoms with E-state index in [2.05, 4.69) is 5.32 Å². The lowest BCUT2D eigenvalue weighted by atomic mass is 9.79. The molecule has 4 heteroatoms. The van der Waals surface area contributed by atoms with Gasteiger partial charge in [-0.05, 0) is 26.7 Å². The number of nitrogens with one attached hydrogen (secondary N) is 1. The predicted molar refractivity (Wildman–Crippen MR) is 67.7 cm³/mol. The summed E-state index contributed by atoms with van der Waals surface area (Å²) in [5, 5.41) is 11.9. The Morgan fingerprint density at radius 2 is 1.76 bits per heavy atom. The van der Waals surface area contributed by atoms with Crippen LogP contribution >= 0.6 is 0 Å². The summed E-state index contributed by atoms with van der Waals surface area (Å²) < 4.78 is 0. The van der Waals surface area contributed by atoms with Gasteiger partial charge < -0.3 is 10.4 Å². The minimum absolute atomic E-state index is 0.0476. The predicted octanol–water partition coefficient (Wildman–Crippen LogP) is 2.35. The Morgan fingerprint density at radius 1 is 1.24 bits per heavy atom. The van der Waals surface area contributed by atoms with Gasteiger partial charge in [-0.2, -0.15) is 0 Å². The van der Waals surface area contributed by atoms with Crippen molar-refractivity contribution < 1.29 is 14.7 Å². The van der Waals surface area contributed by atoms with Crippen LogP contribution in [0.5, 0.6) is 0 Å². The first-order valence-electron chi connectivity index (χ1n) is 6.01. The highest BCUT2D eigenvalue weighted by Crippen LogP contribution is 2.30. The summed E-state index contributed by atoms with van der Waals surface area (Å²) in [5.74, 6) is -1.09. The number of amides is 1. The number of carbonyl (C=O) groups excluding carboxylic acids is 1. The highest BCUT2D eigenvalue weighted by molar-refractivity contribution is 5.84. The number of hydrogen-bond donors (Lipinski definition) is 2. The molecule has 0 aliphatic rings. The van der Waals surface area contributed by atoms with Crippen molar-refractivity contribution in [3.8, 4) is 0 Å². The van der Waals surface area contributed by atoms with Crippen molar-refractivity contribution in [1.82, 2.24) is 5.32 Å². The quantitative estimate of drug-likeness (QED) is 0.672. The Bertz CT molecular complexity index is 300. The molecule has 0 bridgehead atoms. The zero-order valence-electron chi connectivity index (χ0n) is 11.2. The van der Waals surface area contributed by atoms with Gasteiger partial charge in [0, 0.05) is 13.0 Å². The number of allylic oxidation sites excluding steroid dienone is 1. The van der Waals surface area contributed by atoms with Crippen LogP contribution in [0, 0.1) is 5.41 Å². The zero-order chi connectivity index (χ0) is 13.5. The van der Waals surface area contributed by atoms with E-state index >= 15 is 0 Å². The molecule has 0 rings (SSSR count). The molecule has 0 spiro atoms. The molecule has 0 aromatic heterocycles. The van der Waals surface area contributed by atoms with Gasteiger partial charge in [-0.1, -0.05) is 25.5 Å². The molecule has 4 nitrogen and oxygen atoms in total. The van der Waals surface area contributed by atoms with Gasteiger partial charge in [0.1, 0.15) is 0 Å². The van der Waals surface area contributed by atoms with Crippen molar-refractivity contribution in [2.45, 2.75) is 47.0 Å². The van der Waals surface area contributed by atoms with Gasteiger partial charge in [0.25, 0.3) is 0 Å². The van der Waals surface area contributed by atoms with Crippen LogP contribution in [0.2, 0.25) is 0 Å². The molecule has 0 unspecified atom stereocenters. The van der Waals surface area contributed by atoms with Gasteiger partial charge in [0.2, 0.25) is 5.91 Å². The van der Waals surface area contributed by atoms with Gasteiger partial charge in [0.05, 0.1) is 5.41 Å². The smallest absolute Gasteiger partial charge is 0.310 e. The SMILES string of the molecule is CCC(CC)(CC(=O)NCC=C(C)C)C(=O)O. The van der Waals surface area contributed by atoms with Crippen LogP contribution in [-0.4, -0.2) is 23.5 Å². The van der Waals surface area contributed by atoms with Crippen LogP contribution in [0.25, 0.3) is 0 Å². The second-order valence-corrected chi connectivity index (χ2v) is 4.55. The first-order chi connectivity index (χ1) is 7.88. The summed E-state index contributed by atoms with van der Waals surface area (Å²) in [6, 6.07) is 0. The fourth-order valence-electron chi connectivity index (χ4n) is 1.62. The number of carbonyl (C=O) groups is 2. The minimum atomic E-state index is -0.922. The summed E-state index contributed by atoms with van der Waals surface area (Å²) in [4.78, 5) is 22.9. The molecule has 2 N–H and O–H groups in total. The molecule has 98 valence electrons. The third kappa shape index (κ3) is 5.02. The van der Waals surface area contributed by atoms with Crippen molar-refractivity contribution in [3.63, 3.8) is 0 Å². The molecule has 0 aromatic rings. The minimum Gasteiger partial charge on any atom is -0.481 e. The van der Waals surface area contributed by atoms with E-state index < -0.39 is 11.4 Å². The van der Waals surface area contributed by atoms with Crippen LogP contribution in [0.1, 0.15) is 47.0 Å². The van der Waals surface area contributed by atoms with Crippen molar-refractivity contribution >= 4 is 11.9 Å². The molecule has 0 aliphatic heterocycles. The Balaban J connectivity index is 4.42. The van der Waals surface area contributed by atoms with Crippen LogP contribution < -0.4 is 5.32 Å². The Hall–Kier alpha value is -1.32. The molecule has 0 saturated heterocycles. The highest BCUT2D eigenvalue weighted by atomic mass is 16.4. The van der Waals surface area contributed by atoms with Crippen molar-refractivity contribution in [2.75, 3.05) is 6.54 Å². The van der Waals surface area contributed by atoms with E-state index in [-0.39, 0.29) is 12.3 Å². The van der Waals surface area contributed by atoms with Crippen molar-refractivity contribution in [2.24, 2.45) is 5.41 Å². The topological polar surface area (TPSA) is 66.4 Å². The van der Waals surface area contributed by atoms with Crippen LogP contribution in [0.15, 0.2) is 11.6 Å². The average Bonchev–Trinajstić information content (AvgIpc) is 2.25. The van der Waals surface area contributed by atoms with Gasteiger partial charge in [-0.25, -0.2) is 0 Å². The van der Waals surface area contributed by atoms with Crippen LogP contribution in [-0.2, 0) is 9.59 Å². The second-order valence-electron chi connectivity index (χ2n) is 4.55. The summed E-state index contributed by atoms with van der Waals surface area (Å²) in [6.45, 7) is 7.98. The van der Waals surface area contributed by atoms with Gasteiger partial charge in [0.15, 0.2) is 0 Å². The molecular weight excluding hydrogens is 218 g/mol. The molecule has 0 aromatic carbocycles. The highest BCUT2D eigenvalue weighted by Gasteiger charge is 2.36. The Morgan fingerprint density at radius 3 is 2.12 bits per heavy atom. The Labute approximate surface area is 103 Å². The molecule has 1 amide bonds. The number of hydrogen-bond acceptors (Lipinski definition) is 2. The number of rotatable bonds is 7. The van der Waals surface area contributed by atoms with E-state index in [9.17, 15) is 14.7 Å². The van der Waals surface area contributed by atoms with Gasteiger partial charge in [-0.3, -0.25) is 9.59 Å². The lowest BCUT2D eigenvalue weighted by Gasteiger charge is -2.25. The monoisotopic (exact) mass is 241 g/mol. The summed E-state index contributed by atoms with van der Waals surface area (Å²) >= 11 is 0. The van der Waals surface area contributed by atoms with E-state index in [1.807, 2.05) is 19.9 Å². The lowest BCUT2D eigenvalue weighted by Crippen LogP contribution is -2.37. The van der Waals surface area contributed by atoms with Crippen molar-refractivity contribution in [1.29, 1.82) is 0 Å². The summed E-state index contributed by atoms with van der Waals surface area (Å²) in [6.07, 6.45) is 2.88. The lowest BCUT2D eigenvalue weighted by molar-refractivity contribution is -0.152. The summed E-state index contributed by atoms with van der Waals surface area (Å²) in [7, 11) is 0. The van der Waals surface area contributed by atoms with Crippen LogP contribution in [0.4, 0.5) is 0 Å². The van der Waals surface area contributed by atoms with E-state index in [0.717, 1.165) is 5.57 Å². The molecule has 0 atom stereocenters. The third-order valence-electron chi connectivity index (χ3n) is 3.12. The fourth-order valence-corrected chi connectivity index (χ4v) is 1.62. The number of aliphatic carboxylic acids is 1. The molecule has 0 heterocycles. The number of carboxylic acid groups (broad SMARTS) is 1. The maximum Gasteiger partial charge on any atom is 0.310 e.